The van der Waals surface area contributed by atoms with Crippen LogP contribution >= 0.6 is 12.2 Å². The fraction of sp³-hybridized carbons (Fsp3) is 0.323. The van der Waals surface area contributed by atoms with Gasteiger partial charge in [-0.2, -0.15) is 0 Å². The van der Waals surface area contributed by atoms with E-state index in [1.807, 2.05) is 55.6 Å². The lowest BCUT2D eigenvalue weighted by Gasteiger charge is -2.41. The molecule has 5 rings (SSSR count). The molecule has 1 fully saturated rings. The van der Waals surface area contributed by atoms with Gasteiger partial charge in [0.25, 0.3) is 0 Å². The van der Waals surface area contributed by atoms with E-state index in [1.165, 1.54) is 16.8 Å². The van der Waals surface area contributed by atoms with Crippen molar-refractivity contribution < 1.29 is 4.79 Å². The van der Waals surface area contributed by atoms with Gasteiger partial charge in [-0.3, -0.25) is 9.78 Å². The van der Waals surface area contributed by atoms with Crippen molar-refractivity contribution in [2.45, 2.75) is 51.7 Å². The molecule has 2 aliphatic rings. The van der Waals surface area contributed by atoms with Crippen molar-refractivity contribution in [1.82, 2.24) is 15.2 Å². The number of thiocarbonyl (C=S) groups is 1. The van der Waals surface area contributed by atoms with Crippen molar-refractivity contribution in [1.29, 1.82) is 0 Å². The molecule has 6 nitrogen and oxygen atoms in total. The number of aromatic nitrogens is 1. The molecule has 0 radical (unpaired) electrons. The minimum absolute atomic E-state index is 0.0356. The molecule has 2 unspecified atom stereocenters. The molecule has 38 heavy (non-hydrogen) atoms. The van der Waals surface area contributed by atoms with Crippen LogP contribution in [0.5, 0.6) is 0 Å². The average Bonchev–Trinajstić information content (AvgIpc) is 3.22. The van der Waals surface area contributed by atoms with Crippen LogP contribution in [0.25, 0.3) is 5.57 Å². The van der Waals surface area contributed by atoms with E-state index in [9.17, 15) is 4.79 Å². The number of pyridine rings is 1. The van der Waals surface area contributed by atoms with Gasteiger partial charge in [0.15, 0.2) is 5.11 Å². The van der Waals surface area contributed by atoms with Gasteiger partial charge in [-0.15, -0.1) is 0 Å². The predicted octanol–water partition coefficient (Wildman–Crippen LogP) is 6.02. The lowest BCUT2D eigenvalue weighted by atomic mass is 9.86. The number of rotatable bonds is 6. The minimum atomic E-state index is -0.122. The summed E-state index contributed by atoms with van der Waals surface area (Å²) in [5.74, 6) is -0.0356. The van der Waals surface area contributed by atoms with Crippen LogP contribution in [0.15, 0.2) is 72.9 Å². The van der Waals surface area contributed by atoms with Crippen LogP contribution in [0, 0.1) is 6.92 Å². The fourth-order valence-corrected chi connectivity index (χ4v) is 5.87. The summed E-state index contributed by atoms with van der Waals surface area (Å²) in [6.45, 7) is 9.15. The molecule has 2 N–H and O–H groups in total. The van der Waals surface area contributed by atoms with Gasteiger partial charge >= 0.3 is 0 Å². The van der Waals surface area contributed by atoms with Crippen LogP contribution in [0.1, 0.15) is 61.7 Å². The number of nitrogens with one attached hydrogen (secondary N) is 2. The zero-order valence-corrected chi connectivity index (χ0v) is 23.5. The lowest BCUT2D eigenvalue weighted by molar-refractivity contribution is -0.116. The maximum atomic E-state index is 12.9. The number of fused-ring (bicyclic) bond motifs is 1. The van der Waals surface area contributed by atoms with Crippen LogP contribution < -0.4 is 15.5 Å². The van der Waals surface area contributed by atoms with Crippen molar-refractivity contribution in [2.24, 2.45) is 0 Å². The summed E-state index contributed by atoms with van der Waals surface area (Å²) in [5, 5.41) is 7.16. The maximum Gasteiger partial charge on any atom is 0.226 e. The summed E-state index contributed by atoms with van der Waals surface area (Å²) >= 11 is 5.82. The van der Waals surface area contributed by atoms with E-state index in [0.29, 0.717) is 18.1 Å². The van der Waals surface area contributed by atoms with Gasteiger partial charge in [0.1, 0.15) is 0 Å². The summed E-state index contributed by atoms with van der Waals surface area (Å²) in [4.78, 5) is 22.0. The highest BCUT2D eigenvalue weighted by atomic mass is 32.1. The molecule has 3 aromatic rings. The van der Waals surface area contributed by atoms with E-state index in [4.69, 9.17) is 12.2 Å². The van der Waals surface area contributed by atoms with Crippen molar-refractivity contribution in [2.75, 3.05) is 23.8 Å². The Bertz CT molecular complexity index is 1400. The zero-order chi connectivity index (χ0) is 27.0. The molecule has 2 atom stereocenters. The number of aryl methyl sites for hydroxylation is 1. The lowest BCUT2D eigenvalue weighted by Crippen LogP contribution is -2.42. The summed E-state index contributed by atoms with van der Waals surface area (Å²) < 4.78 is 0. The molecule has 0 bridgehead atoms. The van der Waals surface area contributed by atoms with Crippen molar-refractivity contribution in [3.05, 3.63) is 95.3 Å². The monoisotopic (exact) mass is 525 g/mol. The van der Waals surface area contributed by atoms with Crippen LogP contribution in [0.4, 0.5) is 11.4 Å². The van der Waals surface area contributed by atoms with E-state index in [-0.39, 0.29) is 23.5 Å². The highest BCUT2D eigenvalue weighted by Gasteiger charge is 2.40. The Morgan fingerprint density at radius 1 is 1.11 bits per heavy atom. The molecule has 7 heteroatoms. The van der Waals surface area contributed by atoms with Crippen molar-refractivity contribution in [3.63, 3.8) is 0 Å². The van der Waals surface area contributed by atoms with Crippen LogP contribution in [-0.4, -0.2) is 40.0 Å². The first-order chi connectivity index (χ1) is 18.1. The summed E-state index contributed by atoms with van der Waals surface area (Å²) in [6, 6.07) is 20.3. The molecule has 1 saturated heterocycles. The second kappa shape index (κ2) is 10.2. The third kappa shape index (κ3) is 5.03. The number of anilines is 2. The second-order valence-corrected chi connectivity index (χ2v) is 11.2. The maximum absolute atomic E-state index is 12.9. The van der Waals surface area contributed by atoms with Gasteiger partial charge in [-0.1, -0.05) is 30.3 Å². The molecular weight excluding hydrogens is 490 g/mol. The van der Waals surface area contributed by atoms with E-state index in [1.54, 1.807) is 0 Å². The molecule has 0 spiro atoms. The summed E-state index contributed by atoms with van der Waals surface area (Å²) in [5.41, 5.74) is 7.63. The molecule has 0 aliphatic carbocycles. The first-order valence-corrected chi connectivity index (χ1v) is 13.5. The Balaban J connectivity index is 1.45. The molecular formula is C31H35N5OS. The standard InChI is InChI=1S/C31H35N5OS/c1-20-9-8-10-23(17-20)33-27(37)14-16-36-29(28(34-30(36)38)25-11-6-7-15-32-25)22-12-13-26-24(18-22)21(2)19-31(3,4)35(26)5/h6-13,15,17-19,28-29H,14,16H2,1-5H3,(H,33,37)(H,34,38). The number of carbonyl (C=O) groups excluding carboxylic acids is 1. The Morgan fingerprint density at radius 2 is 1.92 bits per heavy atom. The molecule has 0 saturated carbocycles. The number of amides is 1. The molecule has 1 aromatic heterocycles. The highest BCUT2D eigenvalue weighted by Crippen LogP contribution is 2.43. The normalized spacial score (nSPS) is 20.0. The van der Waals surface area contributed by atoms with Crippen molar-refractivity contribution in [3.8, 4) is 0 Å². The van der Waals surface area contributed by atoms with Gasteiger partial charge in [-0.25, -0.2) is 0 Å². The largest absolute Gasteiger partial charge is 0.366 e. The van der Waals surface area contributed by atoms with Crippen LogP contribution in [-0.2, 0) is 4.79 Å². The number of hydrogen-bond donors (Lipinski definition) is 2. The van der Waals surface area contributed by atoms with Gasteiger partial charge in [-0.05, 0) is 93.0 Å². The number of likely N-dealkylation sites (N-methyl/N-ethyl adjacent to an activating group) is 1. The van der Waals surface area contributed by atoms with Gasteiger partial charge in [0, 0.05) is 43.1 Å². The van der Waals surface area contributed by atoms with Crippen molar-refractivity contribution >= 4 is 40.2 Å². The highest BCUT2D eigenvalue weighted by molar-refractivity contribution is 7.80. The number of carbonyl (C=O) groups is 1. The van der Waals surface area contributed by atoms with Gasteiger partial charge in [0.2, 0.25) is 5.91 Å². The molecule has 1 amide bonds. The van der Waals surface area contributed by atoms with E-state index >= 15 is 0 Å². The molecule has 2 aromatic carbocycles. The summed E-state index contributed by atoms with van der Waals surface area (Å²) in [6.07, 6.45) is 4.45. The van der Waals surface area contributed by atoms with E-state index in [0.717, 1.165) is 22.5 Å². The number of hydrogen-bond acceptors (Lipinski definition) is 4. The Kier molecular flexibility index (Phi) is 6.97. The first kappa shape index (κ1) is 25.9. The van der Waals surface area contributed by atoms with Gasteiger partial charge in [0.05, 0.1) is 23.3 Å². The number of allylic oxidation sites excluding steroid dienone is 1. The van der Waals surface area contributed by atoms with E-state index in [2.05, 4.69) is 77.5 Å². The predicted molar refractivity (Wildman–Crippen MR) is 159 cm³/mol. The Morgan fingerprint density at radius 3 is 2.66 bits per heavy atom. The Hall–Kier alpha value is -3.71. The third-order valence-electron chi connectivity index (χ3n) is 7.66. The van der Waals surface area contributed by atoms with Gasteiger partial charge < -0.3 is 20.4 Å². The molecule has 196 valence electrons. The smallest absolute Gasteiger partial charge is 0.226 e. The molecule has 2 aliphatic heterocycles. The topological polar surface area (TPSA) is 60.5 Å². The minimum Gasteiger partial charge on any atom is -0.366 e. The zero-order valence-electron chi connectivity index (χ0n) is 22.7. The SMILES string of the molecule is CC1=CC(C)(C)N(C)c2ccc(C3C(c4ccccn4)NC(=S)N3CCC(=O)Nc3cccc(C)c3)cc21. The summed E-state index contributed by atoms with van der Waals surface area (Å²) in [7, 11) is 2.14. The fourth-order valence-electron chi connectivity index (χ4n) is 5.54. The average molecular weight is 526 g/mol. The quantitative estimate of drug-likeness (QED) is 0.384. The second-order valence-electron chi connectivity index (χ2n) is 10.8. The van der Waals surface area contributed by atoms with Crippen LogP contribution in [0.3, 0.4) is 0 Å². The Labute approximate surface area is 230 Å². The number of nitrogens with zero attached hydrogens (tertiary/aromatic N) is 3. The van der Waals surface area contributed by atoms with Crippen LogP contribution in [0.2, 0.25) is 0 Å². The molecule has 3 heterocycles. The number of benzene rings is 2. The first-order valence-electron chi connectivity index (χ1n) is 13.1. The van der Waals surface area contributed by atoms with E-state index < -0.39 is 0 Å². The third-order valence-corrected chi connectivity index (χ3v) is 8.01.